The summed E-state index contributed by atoms with van der Waals surface area (Å²) >= 11 is 0. The van der Waals surface area contributed by atoms with Gasteiger partial charge in [-0.05, 0) is 38.6 Å². The number of hydrogen-bond donors (Lipinski definition) is 2. The van der Waals surface area contributed by atoms with Gasteiger partial charge in [0.25, 0.3) is 0 Å². The molecule has 3 atom stereocenters. The van der Waals surface area contributed by atoms with E-state index in [1.807, 2.05) is 6.92 Å². The molecule has 2 fully saturated rings. The van der Waals surface area contributed by atoms with E-state index < -0.39 is 0 Å². The summed E-state index contributed by atoms with van der Waals surface area (Å²) in [6, 6.07) is -0.108. The van der Waals surface area contributed by atoms with Crippen LogP contribution < -0.4 is 5.32 Å². The van der Waals surface area contributed by atoms with Gasteiger partial charge in [0.15, 0.2) is 0 Å². The van der Waals surface area contributed by atoms with Gasteiger partial charge in [-0.1, -0.05) is 0 Å². The number of amides is 1. The molecule has 0 aliphatic carbocycles. The van der Waals surface area contributed by atoms with Gasteiger partial charge in [0.2, 0.25) is 5.91 Å². The second-order valence-corrected chi connectivity index (χ2v) is 5.39. The molecule has 0 bridgehead atoms. The van der Waals surface area contributed by atoms with Crippen molar-refractivity contribution in [2.24, 2.45) is 5.92 Å². The van der Waals surface area contributed by atoms with Gasteiger partial charge in [-0.25, -0.2) is 0 Å². The number of carbonyl (C=O) groups excluding carboxylic acids is 1. The van der Waals surface area contributed by atoms with E-state index >= 15 is 0 Å². The van der Waals surface area contributed by atoms with Crippen molar-refractivity contribution in [1.82, 2.24) is 10.2 Å². The first-order valence-corrected chi connectivity index (χ1v) is 6.95. The number of ether oxygens (including phenoxy) is 1. The summed E-state index contributed by atoms with van der Waals surface area (Å²) in [5.74, 6) is 0.405. The van der Waals surface area contributed by atoms with Crippen LogP contribution >= 0.6 is 0 Å². The molecule has 0 aromatic heterocycles. The van der Waals surface area contributed by atoms with Gasteiger partial charge in [-0.3, -0.25) is 9.69 Å². The van der Waals surface area contributed by atoms with Crippen LogP contribution in [-0.2, 0) is 9.53 Å². The van der Waals surface area contributed by atoms with Crippen LogP contribution in [0.3, 0.4) is 0 Å². The predicted octanol–water partition coefficient (Wildman–Crippen LogP) is -0.0157. The SMILES string of the molecule is CC(C(=O)NCC1CCCO1)N1CCC(CO)C1. The third kappa shape index (κ3) is 3.43. The molecule has 2 heterocycles. The number of aliphatic hydroxyl groups excluding tert-OH is 1. The van der Waals surface area contributed by atoms with Gasteiger partial charge >= 0.3 is 0 Å². The summed E-state index contributed by atoms with van der Waals surface area (Å²) < 4.78 is 5.48. The number of likely N-dealkylation sites (tertiary alicyclic amines) is 1. The van der Waals surface area contributed by atoms with Crippen LogP contribution in [0.2, 0.25) is 0 Å². The van der Waals surface area contributed by atoms with E-state index in [0.29, 0.717) is 12.5 Å². The van der Waals surface area contributed by atoms with Crippen molar-refractivity contribution >= 4 is 5.91 Å². The van der Waals surface area contributed by atoms with Crippen LogP contribution in [0, 0.1) is 5.92 Å². The van der Waals surface area contributed by atoms with E-state index in [0.717, 1.165) is 39.0 Å². The zero-order valence-corrected chi connectivity index (χ0v) is 11.1. The monoisotopic (exact) mass is 256 g/mol. The Balaban J connectivity index is 1.71. The minimum Gasteiger partial charge on any atom is -0.396 e. The molecule has 5 heteroatoms. The first-order valence-electron chi connectivity index (χ1n) is 6.95. The highest BCUT2D eigenvalue weighted by Crippen LogP contribution is 2.18. The number of nitrogens with one attached hydrogen (secondary N) is 1. The first-order chi connectivity index (χ1) is 8.70. The van der Waals surface area contributed by atoms with Crippen molar-refractivity contribution < 1.29 is 14.6 Å². The molecule has 2 aliphatic rings. The Morgan fingerprint density at radius 1 is 1.56 bits per heavy atom. The number of nitrogens with zero attached hydrogens (tertiary/aromatic N) is 1. The van der Waals surface area contributed by atoms with Crippen molar-refractivity contribution in [3.05, 3.63) is 0 Å². The molecule has 0 radical (unpaired) electrons. The Hall–Kier alpha value is -0.650. The van der Waals surface area contributed by atoms with Crippen LogP contribution in [0.4, 0.5) is 0 Å². The Bertz CT molecular complexity index is 279. The van der Waals surface area contributed by atoms with E-state index in [-0.39, 0.29) is 24.7 Å². The fraction of sp³-hybridized carbons (Fsp3) is 0.923. The fourth-order valence-corrected chi connectivity index (χ4v) is 2.70. The lowest BCUT2D eigenvalue weighted by molar-refractivity contribution is -0.126. The highest BCUT2D eigenvalue weighted by atomic mass is 16.5. The molecule has 0 aromatic carbocycles. The molecule has 0 aromatic rings. The molecule has 104 valence electrons. The van der Waals surface area contributed by atoms with Gasteiger partial charge < -0.3 is 15.2 Å². The topological polar surface area (TPSA) is 61.8 Å². The maximum Gasteiger partial charge on any atom is 0.237 e. The first kappa shape index (κ1) is 13.8. The molecule has 2 N–H and O–H groups in total. The predicted molar refractivity (Wildman–Crippen MR) is 68.2 cm³/mol. The lowest BCUT2D eigenvalue weighted by atomic mass is 10.1. The zero-order chi connectivity index (χ0) is 13.0. The van der Waals surface area contributed by atoms with Crippen molar-refractivity contribution in [3.63, 3.8) is 0 Å². The van der Waals surface area contributed by atoms with Gasteiger partial charge in [-0.15, -0.1) is 0 Å². The Kier molecular flexibility index (Phi) is 4.97. The molecule has 5 nitrogen and oxygen atoms in total. The highest BCUT2D eigenvalue weighted by Gasteiger charge is 2.29. The molecule has 2 aliphatic heterocycles. The van der Waals surface area contributed by atoms with Crippen molar-refractivity contribution in [2.75, 3.05) is 32.8 Å². The minimum absolute atomic E-state index is 0.0732. The molecular weight excluding hydrogens is 232 g/mol. The molecule has 0 saturated carbocycles. The molecule has 2 saturated heterocycles. The molecular formula is C13H24N2O3. The average molecular weight is 256 g/mol. The number of hydrogen-bond acceptors (Lipinski definition) is 4. The molecule has 18 heavy (non-hydrogen) atoms. The number of rotatable bonds is 5. The third-order valence-electron chi connectivity index (χ3n) is 4.03. The summed E-state index contributed by atoms with van der Waals surface area (Å²) in [5.41, 5.74) is 0. The average Bonchev–Trinajstić information content (AvgIpc) is 3.05. The second-order valence-electron chi connectivity index (χ2n) is 5.39. The van der Waals surface area contributed by atoms with E-state index in [1.54, 1.807) is 0 Å². The second kappa shape index (κ2) is 6.50. The maximum atomic E-state index is 12.0. The normalized spacial score (nSPS) is 30.6. The van der Waals surface area contributed by atoms with Crippen molar-refractivity contribution in [3.8, 4) is 0 Å². The quantitative estimate of drug-likeness (QED) is 0.726. The van der Waals surface area contributed by atoms with E-state index in [2.05, 4.69) is 10.2 Å². The summed E-state index contributed by atoms with van der Waals surface area (Å²) in [5, 5.41) is 12.1. The van der Waals surface area contributed by atoms with Gasteiger partial charge in [0.05, 0.1) is 12.1 Å². The molecule has 0 spiro atoms. The van der Waals surface area contributed by atoms with Crippen molar-refractivity contribution in [2.45, 2.75) is 38.3 Å². The van der Waals surface area contributed by atoms with E-state index in [4.69, 9.17) is 9.84 Å². The van der Waals surface area contributed by atoms with Crippen LogP contribution in [0.1, 0.15) is 26.2 Å². The zero-order valence-electron chi connectivity index (χ0n) is 11.1. The van der Waals surface area contributed by atoms with Gasteiger partial charge in [0, 0.05) is 26.3 Å². The maximum absolute atomic E-state index is 12.0. The highest BCUT2D eigenvalue weighted by molar-refractivity contribution is 5.81. The van der Waals surface area contributed by atoms with E-state index in [9.17, 15) is 4.79 Å². The Morgan fingerprint density at radius 3 is 3.00 bits per heavy atom. The van der Waals surface area contributed by atoms with E-state index in [1.165, 1.54) is 0 Å². The van der Waals surface area contributed by atoms with Crippen molar-refractivity contribution in [1.29, 1.82) is 0 Å². The summed E-state index contributed by atoms with van der Waals surface area (Å²) in [7, 11) is 0. The van der Waals surface area contributed by atoms with Crippen LogP contribution in [0.15, 0.2) is 0 Å². The Labute approximate surface area is 108 Å². The summed E-state index contributed by atoms with van der Waals surface area (Å²) in [4.78, 5) is 14.2. The molecule has 2 rings (SSSR count). The number of aliphatic hydroxyl groups is 1. The third-order valence-corrected chi connectivity index (χ3v) is 4.03. The fourth-order valence-electron chi connectivity index (χ4n) is 2.70. The van der Waals surface area contributed by atoms with Crippen LogP contribution in [0.5, 0.6) is 0 Å². The smallest absolute Gasteiger partial charge is 0.237 e. The van der Waals surface area contributed by atoms with Gasteiger partial charge in [0.1, 0.15) is 0 Å². The lowest BCUT2D eigenvalue weighted by Gasteiger charge is -2.24. The van der Waals surface area contributed by atoms with Gasteiger partial charge in [-0.2, -0.15) is 0 Å². The Morgan fingerprint density at radius 2 is 2.39 bits per heavy atom. The molecule has 3 unspecified atom stereocenters. The lowest BCUT2D eigenvalue weighted by Crippen LogP contribution is -2.46. The van der Waals surface area contributed by atoms with Crippen LogP contribution in [0.25, 0.3) is 0 Å². The van der Waals surface area contributed by atoms with Crippen LogP contribution in [-0.4, -0.2) is 60.9 Å². The minimum atomic E-state index is -0.108. The largest absolute Gasteiger partial charge is 0.396 e. The summed E-state index contributed by atoms with van der Waals surface area (Å²) in [6.07, 6.45) is 3.33. The summed E-state index contributed by atoms with van der Waals surface area (Å²) in [6.45, 7) is 5.33. The molecule has 1 amide bonds. The number of carbonyl (C=O) groups is 1. The standard InChI is InChI=1S/C13H24N2O3/c1-10(15-5-4-11(8-15)9-16)13(17)14-7-12-3-2-6-18-12/h10-12,16H,2-9H2,1H3,(H,14,17).